The molecule has 1 unspecified atom stereocenters. The smallest absolute Gasteiger partial charge is 0.0587 e. The van der Waals surface area contributed by atoms with Gasteiger partial charge in [-0.3, -0.25) is 0 Å². The van der Waals surface area contributed by atoms with E-state index in [1.165, 1.54) is 5.56 Å². The van der Waals surface area contributed by atoms with Crippen molar-refractivity contribution < 1.29 is 5.11 Å². The average molecular weight is 221 g/mol. The summed E-state index contributed by atoms with van der Waals surface area (Å²) in [5.41, 5.74) is 1.27. The van der Waals surface area contributed by atoms with Crippen molar-refractivity contribution in [1.82, 2.24) is 5.32 Å². The lowest BCUT2D eigenvalue weighted by Gasteiger charge is -2.24. The Morgan fingerprint density at radius 2 is 1.75 bits per heavy atom. The van der Waals surface area contributed by atoms with E-state index in [-0.39, 0.29) is 12.6 Å². The molecule has 0 bridgehead atoms. The predicted octanol–water partition coefficient (Wildman–Crippen LogP) is 2.22. The first-order valence-corrected chi connectivity index (χ1v) is 6.04. The minimum Gasteiger partial charge on any atom is -0.395 e. The van der Waals surface area contributed by atoms with Gasteiger partial charge in [0.2, 0.25) is 0 Å². The molecule has 1 aromatic rings. The summed E-state index contributed by atoms with van der Waals surface area (Å²) in [4.78, 5) is 0. The summed E-state index contributed by atoms with van der Waals surface area (Å²) in [5, 5.41) is 12.8. The van der Waals surface area contributed by atoms with Crippen LogP contribution in [0.2, 0.25) is 0 Å². The van der Waals surface area contributed by atoms with Crippen LogP contribution in [0.3, 0.4) is 0 Å². The van der Waals surface area contributed by atoms with Crippen molar-refractivity contribution >= 4 is 0 Å². The molecule has 2 nitrogen and oxygen atoms in total. The van der Waals surface area contributed by atoms with Crippen LogP contribution >= 0.6 is 0 Å². The highest BCUT2D eigenvalue weighted by Gasteiger charge is 2.13. The lowest BCUT2D eigenvalue weighted by molar-refractivity contribution is 0.222. The maximum absolute atomic E-state index is 9.36. The van der Waals surface area contributed by atoms with Crippen molar-refractivity contribution in [3.05, 3.63) is 35.9 Å². The van der Waals surface area contributed by atoms with Crippen LogP contribution in [0.1, 0.15) is 26.3 Å². The lowest BCUT2D eigenvalue weighted by Crippen LogP contribution is -2.42. The second-order valence-electron chi connectivity index (χ2n) is 4.77. The summed E-state index contributed by atoms with van der Waals surface area (Å²) in [6.45, 7) is 6.73. The summed E-state index contributed by atoms with van der Waals surface area (Å²) in [5.74, 6) is 0.588. The summed E-state index contributed by atoms with van der Waals surface area (Å²) in [6, 6.07) is 10.9. The van der Waals surface area contributed by atoms with E-state index in [0.717, 1.165) is 6.42 Å². The number of hydrogen-bond donors (Lipinski definition) is 2. The van der Waals surface area contributed by atoms with Gasteiger partial charge in [0.1, 0.15) is 0 Å². The number of aliphatic hydroxyl groups excluding tert-OH is 1. The Morgan fingerprint density at radius 1 is 1.12 bits per heavy atom. The molecule has 0 spiro atoms. The Hall–Kier alpha value is -0.860. The summed E-state index contributed by atoms with van der Waals surface area (Å²) in [6.07, 6.45) is 0.883. The van der Waals surface area contributed by atoms with Gasteiger partial charge in [-0.15, -0.1) is 0 Å². The third-order valence-corrected chi connectivity index (χ3v) is 3.04. The van der Waals surface area contributed by atoms with Crippen molar-refractivity contribution in [3.63, 3.8) is 0 Å². The normalized spacial score (nSPS) is 15.1. The van der Waals surface area contributed by atoms with Crippen LogP contribution in [0.15, 0.2) is 30.3 Å². The summed E-state index contributed by atoms with van der Waals surface area (Å²) in [7, 11) is 0. The van der Waals surface area contributed by atoms with Crippen molar-refractivity contribution in [2.75, 3.05) is 6.61 Å². The van der Waals surface area contributed by atoms with Crippen molar-refractivity contribution in [1.29, 1.82) is 0 Å². The Balaban J connectivity index is 2.49. The average Bonchev–Trinajstić information content (AvgIpc) is 2.29. The highest BCUT2D eigenvalue weighted by Crippen LogP contribution is 2.06. The SMILES string of the molecule is CC(C)C(C)N[C@@H](CO)Cc1ccccc1. The van der Waals surface area contributed by atoms with E-state index in [4.69, 9.17) is 0 Å². The first-order chi connectivity index (χ1) is 7.63. The Kier molecular flexibility index (Phi) is 5.50. The molecule has 90 valence electrons. The molecular formula is C14H23NO. The maximum Gasteiger partial charge on any atom is 0.0587 e. The van der Waals surface area contributed by atoms with Gasteiger partial charge < -0.3 is 10.4 Å². The molecule has 1 rings (SSSR count). The molecule has 0 aliphatic rings. The third-order valence-electron chi connectivity index (χ3n) is 3.04. The molecule has 0 fully saturated rings. The fourth-order valence-electron chi connectivity index (χ4n) is 1.64. The second-order valence-corrected chi connectivity index (χ2v) is 4.77. The second kappa shape index (κ2) is 6.66. The molecule has 0 saturated heterocycles. The molecule has 0 amide bonds. The summed E-state index contributed by atoms with van der Waals surface area (Å²) < 4.78 is 0. The largest absolute Gasteiger partial charge is 0.395 e. The first-order valence-electron chi connectivity index (χ1n) is 6.04. The maximum atomic E-state index is 9.36. The quantitative estimate of drug-likeness (QED) is 0.772. The first kappa shape index (κ1) is 13.2. The summed E-state index contributed by atoms with van der Waals surface area (Å²) >= 11 is 0. The highest BCUT2D eigenvalue weighted by molar-refractivity contribution is 5.15. The number of rotatable bonds is 6. The molecule has 0 aliphatic carbocycles. The van der Waals surface area contributed by atoms with Crippen LogP contribution in [0.4, 0.5) is 0 Å². The minimum atomic E-state index is 0.153. The zero-order valence-electron chi connectivity index (χ0n) is 10.5. The third kappa shape index (κ3) is 4.33. The lowest BCUT2D eigenvalue weighted by atomic mass is 10.0. The van der Waals surface area contributed by atoms with Gasteiger partial charge in [-0.25, -0.2) is 0 Å². The van der Waals surface area contributed by atoms with E-state index in [1.807, 2.05) is 18.2 Å². The highest BCUT2D eigenvalue weighted by atomic mass is 16.3. The molecule has 0 aromatic heterocycles. The van der Waals surface area contributed by atoms with Gasteiger partial charge in [0.05, 0.1) is 6.61 Å². The molecule has 0 saturated carbocycles. The topological polar surface area (TPSA) is 32.3 Å². The predicted molar refractivity (Wildman–Crippen MR) is 68.5 cm³/mol. The van der Waals surface area contributed by atoms with E-state index < -0.39 is 0 Å². The van der Waals surface area contributed by atoms with Gasteiger partial charge >= 0.3 is 0 Å². The van der Waals surface area contributed by atoms with Gasteiger partial charge in [0.25, 0.3) is 0 Å². The van der Waals surface area contributed by atoms with E-state index >= 15 is 0 Å². The Labute approximate surface area is 98.7 Å². The monoisotopic (exact) mass is 221 g/mol. The number of aliphatic hydroxyl groups is 1. The van der Waals surface area contributed by atoms with Gasteiger partial charge in [0, 0.05) is 12.1 Å². The molecule has 0 radical (unpaired) electrons. The van der Waals surface area contributed by atoms with Crippen LogP contribution in [0.25, 0.3) is 0 Å². The van der Waals surface area contributed by atoms with Crippen LogP contribution in [0.5, 0.6) is 0 Å². The number of nitrogens with one attached hydrogen (secondary N) is 1. The zero-order chi connectivity index (χ0) is 12.0. The van der Waals surface area contributed by atoms with Gasteiger partial charge in [0.15, 0.2) is 0 Å². The van der Waals surface area contributed by atoms with Crippen LogP contribution in [0, 0.1) is 5.92 Å². The zero-order valence-corrected chi connectivity index (χ0v) is 10.5. The van der Waals surface area contributed by atoms with E-state index in [0.29, 0.717) is 12.0 Å². The van der Waals surface area contributed by atoms with E-state index in [9.17, 15) is 5.11 Å². The van der Waals surface area contributed by atoms with Crippen molar-refractivity contribution in [2.24, 2.45) is 5.92 Å². The molecule has 2 N–H and O–H groups in total. The Bertz CT molecular complexity index is 284. The van der Waals surface area contributed by atoms with E-state index in [1.54, 1.807) is 0 Å². The van der Waals surface area contributed by atoms with Crippen molar-refractivity contribution in [2.45, 2.75) is 39.3 Å². The van der Waals surface area contributed by atoms with E-state index in [2.05, 4.69) is 38.2 Å². The van der Waals surface area contributed by atoms with Gasteiger partial charge in [-0.2, -0.15) is 0 Å². The van der Waals surface area contributed by atoms with Crippen molar-refractivity contribution in [3.8, 4) is 0 Å². The van der Waals surface area contributed by atoms with Gasteiger partial charge in [-0.05, 0) is 24.8 Å². The van der Waals surface area contributed by atoms with Crippen LogP contribution in [-0.4, -0.2) is 23.8 Å². The number of benzene rings is 1. The fraction of sp³-hybridized carbons (Fsp3) is 0.571. The van der Waals surface area contributed by atoms with Crippen LogP contribution in [-0.2, 0) is 6.42 Å². The standard InChI is InChI=1S/C14H23NO/c1-11(2)12(3)15-14(10-16)9-13-7-5-4-6-8-13/h4-8,11-12,14-16H,9-10H2,1-3H3/t12?,14-/m1/s1. The Morgan fingerprint density at radius 3 is 2.25 bits per heavy atom. The molecule has 0 aliphatic heterocycles. The van der Waals surface area contributed by atoms with Gasteiger partial charge in [-0.1, -0.05) is 44.2 Å². The molecule has 1 aromatic carbocycles. The molecule has 0 heterocycles. The number of hydrogen-bond acceptors (Lipinski definition) is 2. The fourth-order valence-corrected chi connectivity index (χ4v) is 1.64. The molecule has 16 heavy (non-hydrogen) atoms. The van der Waals surface area contributed by atoms with Crippen LogP contribution < -0.4 is 5.32 Å². The molecule has 2 atom stereocenters. The molecule has 2 heteroatoms. The molecular weight excluding hydrogens is 198 g/mol. The minimum absolute atomic E-state index is 0.153.